The van der Waals surface area contributed by atoms with Crippen LogP contribution in [-0.4, -0.2) is 17.0 Å². The van der Waals surface area contributed by atoms with Crippen LogP contribution in [0.5, 0.6) is 0 Å². The molecule has 1 aliphatic rings. The molecule has 0 aliphatic carbocycles. The number of hydrogen-bond donors (Lipinski definition) is 1. The third-order valence-electron chi connectivity index (χ3n) is 1.72. The van der Waals surface area contributed by atoms with Crippen LogP contribution in [0.4, 0.5) is 5.69 Å². The number of nitrogens with zero attached hydrogens (tertiary/aromatic N) is 2. The summed E-state index contributed by atoms with van der Waals surface area (Å²) in [4.78, 5) is 21.5. The topological polar surface area (TPSA) is 79.1 Å². The molecule has 1 heterocycles. The van der Waals surface area contributed by atoms with Crippen LogP contribution in [-0.2, 0) is 0 Å². The van der Waals surface area contributed by atoms with Gasteiger partial charge in [0.1, 0.15) is 0 Å². The first-order valence-corrected chi connectivity index (χ1v) is 3.52. The van der Waals surface area contributed by atoms with Crippen LogP contribution in [0.25, 0.3) is 0 Å². The lowest BCUT2D eigenvalue weighted by Crippen LogP contribution is -1.96. The van der Waals surface area contributed by atoms with E-state index >= 15 is 0 Å². The fourth-order valence-electron chi connectivity index (χ4n) is 1.08. The number of rotatable bonds is 1. The van der Waals surface area contributed by atoms with Gasteiger partial charge in [-0.15, -0.1) is 10.2 Å². The summed E-state index contributed by atoms with van der Waals surface area (Å²) in [5.74, 6) is -1.47. The summed E-state index contributed by atoms with van der Waals surface area (Å²) in [5.41, 5.74) is 0.780. The average molecular weight is 176 g/mol. The quantitative estimate of drug-likeness (QED) is 0.705. The molecule has 1 aromatic rings. The normalized spacial score (nSPS) is 13.1. The number of carbonyl (C=O) groups is 2. The van der Waals surface area contributed by atoms with Gasteiger partial charge < -0.3 is 5.11 Å². The second-order valence-electron chi connectivity index (χ2n) is 2.54. The Balaban J connectivity index is 2.57. The number of hydrogen-bond acceptors (Lipinski definition) is 3. The zero-order chi connectivity index (χ0) is 9.42. The maximum atomic E-state index is 10.9. The number of azo groups is 1. The van der Waals surface area contributed by atoms with Crippen LogP contribution in [0.1, 0.15) is 20.7 Å². The molecule has 1 N–H and O–H groups in total. The van der Waals surface area contributed by atoms with Gasteiger partial charge in [-0.25, -0.2) is 4.79 Å². The fourth-order valence-corrected chi connectivity index (χ4v) is 1.08. The third-order valence-corrected chi connectivity index (χ3v) is 1.72. The van der Waals surface area contributed by atoms with Gasteiger partial charge in [-0.2, -0.15) is 0 Å². The number of carboxylic acids is 1. The van der Waals surface area contributed by atoms with E-state index in [1.807, 2.05) is 0 Å². The lowest BCUT2D eigenvalue weighted by molar-refractivity contribution is 0.0696. The van der Waals surface area contributed by atoms with Crippen molar-refractivity contribution in [1.29, 1.82) is 0 Å². The Morgan fingerprint density at radius 3 is 2.77 bits per heavy atom. The molecule has 1 aliphatic heterocycles. The SMILES string of the molecule is O=C(O)c1ccc2c(c1)N=NC2=O. The van der Waals surface area contributed by atoms with Crippen molar-refractivity contribution >= 4 is 17.6 Å². The molecule has 0 unspecified atom stereocenters. The van der Waals surface area contributed by atoms with Crippen molar-refractivity contribution in [2.24, 2.45) is 10.2 Å². The molecule has 64 valence electrons. The minimum atomic E-state index is -1.04. The third kappa shape index (κ3) is 1.10. The average Bonchev–Trinajstić information content (AvgIpc) is 2.47. The Kier molecular flexibility index (Phi) is 1.45. The Morgan fingerprint density at radius 1 is 1.31 bits per heavy atom. The van der Waals surface area contributed by atoms with Gasteiger partial charge in [0.25, 0.3) is 5.91 Å². The number of amides is 1. The van der Waals surface area contributed by atoms with E-state index in [-0.39, 0.29) is 5.56 Å². The Morgan fingerprint density at radius 2 is 2.08 bits per heavy atom. The molecular formula is C8H4N2O3. The fraction of sp³-hybridized carbons (Fsp3) is 0. The van der Waals surface area contributed by atoms with Crippen molar-refractivity contribution < 1.29 is 14.7 Å². The molecule has 0 fully saturated rings. The van der Waals surface area contributed by atoms with E-state index < -0.39 is 11.9 Å². The molecule has 0 aromatic heterocycles. The van der Waals surface area contributed by atoms with E-state index in [1.54, 1.807) is 0 Å². The summed E-state index contributed by atoms with van der Waals surface area (Å²) in [6, 6.07) is 4.10. The maximum absolute atomic E-state index is 10.9. The van der Waals surface area contributed by atoms with Crippen LogP contribution in [0.15, 0.2) is 28.4 Å². The second kappa shape index (κ2) is 2.48. The van der Waals surface area contributed by atoms with E-state index in [9.17, 15) is 9.59 Å². The van der Waals surface area contributed by atoms with Crippen LogP contribution >= 0.6 is 0 Å². The monoisotopic (exact) mass is 176 g/mol. The first-order valence-electron chi connectivity index (χ1n) is 3.52. The molecule has 1 aromatic carbocycles. The van der Waals surface area contributed by atoms with Gasteiger partial charge in [-0.3, -0.25) is 4.79 Å². The minimum Gasteiger partial charge on any atom is -0.478 e. The summed E-state index contributed by atoms with van der Waals surface area (Å²) in [6.45, 7) is 0. The molecule has 1 amide bonds. The first kappa shape index (κ1) is 7.60. The summed E-state index contributed by atoms with van der Waals surface area (Å²) in [6.07, 6.45) is 0. The molecule has 0 atom stereocenters. The van der Waals surface area contributed by atoms with Gasteiger partial charge in [-0.1, -0.05) is 0 Å². The summed E-state index contributed by atoms with van der Waals surface area (Å²) >= 11 is 0. The van der Waals surface area contributed by atoms with Gasteiger partial charge in [-0.05, 0) is 18.2 Å². The summed E-state index contributed by atoms with van der Waals surface area (Å²) in [7, 11) is 0. The van der Waals surface area contributed by atoms with Crippen LogP contribution < -0.4 is 0 Å². The Labute approximate surface area is 72.7 Å². The second-order valence-corrected chi connectivity index (χ2v) is 2.54. The highest BCUT2D eigenvalue weighted by Crippen LogP contribution is 2.27. The molecule has 0 saturated heterocycles. The Bertz CT molecular complexity index is 437. The molecule has 0 saturated carbocycles. The highest BCUT2D eigenvalue weighted by Gasteiger charge is 2.18. The van der Waals surface area contributed by atoms with Crippen molar-refractivity contribution in [1.82, 2.24) is 0 Å². The van der Waals surface area contributed by atoms with E-state index in [0.717, 1.165) is 0 Å². The van der Waals surface area contributed by atoms with E-state index in [2.05, 4.69) is 10.2 Å². The van der Waals surface area contributed by atoms with Crippen molar-refractivity contribution in [3.8, 4) is 0 Å². The number of carboxylic acid groups (broad SMARTS) is 1. The minimum absolute atomic E-state index is 0.104. The Hall–Kier alpha value is -2.04. The van der Waals surface area contributed by atoms with Gasteiger partial charge >= 0.3 is 5.97 Å². The predicted molar refractivity (Wildman–Crippen MR) is 42.2 cm³/mol. The highest BCUT2D eigenvalue weighted by atomic mass is 16.4. The smallest absolute Gasteiger partial charge is 0.335 e. The van der Waals surface area contributed by atoms with E-state index in [1.165, 1.54) is 18.2 Å². The van der Waals surface area contributed by atoms with Gasteiger partial charge in [0.2, 0.25) is 0 Å². The lowest BCUT2D eigenvalue weighted by Gasteiger charge is -1.95. The largest absolute Gasteiger partial charge is 0.478 e. The van der Waals surface area contributed by atoms with Crippen molar-refractivity contribution in [2.45, 2.75) is 0 Å². The number of benzene rings is 1. The first-order chi connectivity index (χ1) is 6.18. The highest BCUT2D eigenvalue weighted by molar-refractivity contribution is 6.03. The maximum Gasteiger partial charge on any atom is 0.335 e. The molecule has 0 radical (unpaired) electrons. The molecule has 2 rings (SSSR count). The van der Waals surface area contributed by atoms with Crippen LogP contribution in [0.3, 0.4) is 0 Å². The summed E-state index contributed by atoms with van der Waals surface area (Å²) < 4.78 is 0. The number of carbonyl (C=O) groups excluding carboxylic acids is 1. The molecule has 13 heavy (non-hydrogen) atoms. The zero-order valence-electron chi connectivity index (χ0n) is 6.39. The number of aromatic carboxylic acids is 1. The molecule has 5 nitrogen and oxygen atoms in total. The number of fused-ring (bicyclic) bond motifs is 1. The molecular weight excluding hydrogens is 172 g/mol. The van der Waals surface area contributed by atoms with E-state index in [0.29, 0.717) is 11.3 Å². The molecule has 0 spiro atoms. The zero-order valence-corrected chi connectivity index (χ0v) is 6.39. The van der Waals surface area contributed by atoms with E-state index in [4.69, 9.17) is 5.11 Å². The van der Waals surface area contributed by atoms with Gasteiger partial charge in [0, 0.05) is 0 Å². The van der Waals surface area contributed by atoms with Crippen LogP contribution in [0, 0.1) is 0 Å². The lowest BCUT2D eigenvalue weighted by atomic mass is 10.1. The van der Waals surface area contributed by atoms with Crippen molar-refractivity contribution in [2.75, 3.05) is 0 Å². The standard InChI is InChI=1S/C8H4N2O3/c11-7-5-2-1-4(8(12)13)3-6(5)9-10-7/h1-3H,(H,12,13). The molecule has 0 bridgehead atoms. The molecule has 5 heteroatoms. The van der Waals surface area contributed by atoms with Crippen molar-refractivity contribution in [3.05, 3.63) is 29.3 Å². The predicted octanol–water partition coefficient (Wildman–Crippen LogP) is 1.62. The van der Waals surface area contributed by atoms with Crippen LogP contribution in [0.2, 0.25) is 0 Å². The van der Waals surface area contributed by atoms with Gasteiger partial charge in [0.05, 0.1) is 16.8 Å². The summed E-state index contributed by atoms with van der Waals surface area (Å²) in [5, 5.41) is 15.5. The van der Waals surface area contributed by atoms with Crippen molar-refractivity contribution in [3.63, 3.8) is 0 Å². The van der Waals surface area contributed by atoms with Gasteiger partial charge in [0.15, 0.2) is 0 Å².